The first-order chi connectivity index (χ1) is 10.1. The molecule has 2 aromatic heterocycles. The average Bonchev–Trinajstić information content (AvgIpc) is 3.17. The highest BCUT2D eigenvalue weighted by molar-refractivity contribution is 7.91. The van der Waals surface area contributed by atoms with E-state index in [-0.39, 0.29) is 4.21 Å². The maximum Gasteiger partial charge on any atom is 0.252 e. The zero-order valence-corrected chi connectivity index (χ0v) is 13.1. The first-order valence-electron chi connectivity index (χ1n) is 6.60. The second kappa shape index (κ2) is 5.84. The molecule has 1 aliphatic rings. The van der Waals surface area contributed by atoms with Crippen molar-refractivity contribution in [3.05, 3.63) is 17.3 Å². The smallest absolute Gasteiger partial charge is 0.252 e. The van der Waals surface area contributed by atoms with Crippen LogP contribution in [-0.2, 0) is 21.2 Å². The molecule has 0 aliphatic carbocycles. The van der Waals surface area contributed by atoms with Crippen molar-refractivity contribution < 1.29 is 17.6 Å². The van der Waals surface area contributed by atoms with E-state index in [9.17, 15) is 8.42 Å². The second-order valence-electron chi connectivity index (χ2n) is 4.53. The van der Waals surface area contributed by atoms with Crippen molar-refractivity contribution in [1.29, 1.82) is 0 Å². The zero-order chi connectivity index (χ0) is 14.9. The summed E-state index contributed by atoms with van der Waals surface area (Å²) in [5.41, 5.74) is 0.638. The fourth-order valence-electron chi connectivity index (χ4n) is 1.99. The quantitative estimate of drug-likeness (QED) is 0.842. The lowest BCUT2D eigenvalue weighted by Crippen LogP contribution is -2.40. The van der Waals surface area contributed by atoms with Gasteiger partial charge in [-0.15, -0.1) is 21.5 Å². The Kier molecular flexibility index (Phi) is 4.07. The van der Waals surface area contributed by atoms with Gasteiger partial charge in [-0.1, -0.05) is 6.92 Å². The maximum absolute atomic E-state index is 12.5. The third kappa shape index (κ3) is 2.86. The van der Waals surface area contributed by atoms with Gasteiger partial charge in [-0.2, -0.15) is 4.31 Å². The molecule has 2 aromatic rings. The molecule has 0 bridgehead atoms. The molecular formula is C12H15N3O4S2. The number of aryl methyl sites for hydroxylation is 1. The van der Waals surface area contributed by atoms with Crippen LogP contribution in [0.15, 0.2) is 20.1 Å². The van der Waals surface area contributed by atoms with Crippen molar-refractivity contribution in [3.63, 3.8) is 0 Å². The molecule has 1 aliphatic heterocycles. The van der Waals surface area contributed by atoms with Crippen molar-refractivity contribution in [3.8, 4) is 11.5 Å². The number of aromatic nitrogens is 2. The lowest BCUT2D eigenvalue weighted by Gasteiger charge is -2.25. The van der Waals surface area contributed by atoms with E-state index in [2.05, 4.69) is 10.2 Å². The van der Waals surface area contributed by atoms with E-state index >= 15 is 0 Å². The summed E-state index contributed by atoms with van der Waals surface area (Å²) in [6, 6.07) is 1.59. The molecule has 0 atom stereocenters. The minimum absolute atomic E-state index is 0.288. The second-order valence-corrected chi connectivity index (χ2v) is 7.60. The third-order valence-corrected chi connectivity index (χ3v) is 6.47. The molecule has 3 rings (SSSR count). The van der Waals surface area contributed by atoms with Crippen LogP contribution in [0.2, 0.25) is 0 Å². The van der Waals surface area contributed by atoms with E-state index in [0.717, 1.165) is 11.3 Å². The van der Waals surface area contributed by atoms with Gasteiger partial charge in [0, 0.05) is 24.9 Å². The highest BCUT2D eigenvalue weighted by atomic mass is 32.2. The molecule has 0 spiro atoms. The summed E-state index contributed by atoms with van der Waals surface area (Å²) in [4.78, 5) is 0. The summed E-state index contributed by atoms with van der Waals surface area (Å²) in [7, 11) is -3.47. The van der Waals surface area contributed by atoms with Gasteiger partial charge in [-0.3, -0.25) is 0 Å². The van der Waals surface area contributed by atoms with Crippen LogP contribution < -0.4 is 0 Å². The molecule has 0 unspecified atom stereocenters. The van der Waals surface area contributed by atoms with Gasteiger partial charge < -0.3 is 9.15 Å². The van der Waals surface area contributed by atoms with Crippen molar-refractivity contribution in [2.24, 2.45) is 0 Å². The fourth-order valence-corrected chi connectivity index (χ4v) is 4.71. The summed E-state index contributed by atoms with van der Waals surface area (Å²) in [5, 5.41) is 9.53. The van der Waals surface area contributed by atoms with Crippen molar-refractivity contribution >= 4 is 21.4 Å². The summed E-state index contributed by atoms with van der Waals surface area (Å²) >= 11 is 1.16. The van der Waals surface area contributed by atoms with Gasteiger partial charge >= 0.3 is 0 Å². The molecule has 3 heterocycles. The minimum atomic E-state index is -3.47. The number of morpholine rings is 1. The number of hydrogen-bond donors (Lipinski definition) is 0. The lowest BCUT2D eigenvalue weighted by atomic mass is 10.3. The van der Waals surface area contributed by atoms with Gasteiger partial charge in [0.25, 0.3) is 10.0 Å². The molecule has 9 heteroatoms. The van der Waals surface area contributed by atoms with Crippen LogP contribution in [0.4, 0.5) is 0 Å². The van der Waals surface area contributed by atoms with E-state index in [1.165, 1.54) is 4.31 Å². The van der Waals surface area contributed by atoms with Crippen LogP contribution in [0.1, 0.15) is 12.8 Å². The van der Waals surface area contributed by atoms with E-state index in [4.69, 9.17) is 9.15 Å². The van der Waals surface area contributed by atoms with Crippen LogP contribution >= 0.6 is 11.3 Å². The Balaban J connectivity index is 1.86. The largest absolute Gasteiger partial charge is 0.421 e. The zero-order valence-electron chi connectivity index (χ0n) is 11.5. The molecule has 1 saturated heterocycles. The maximum atomic E-state index is 12.5. The number of nitrogens with zero attached hydrogens (tertiary/aromatic N) is 3. The number of hydrogen-bond acceptors (Lipinski definition) is 7. The Morgan fingerprint density at radius 1 is 1.33 bits per heavy atom. The van der Waals surface area contributed by atoms with Crippen molar-refractivity contribution in [2.45, 2.75) is 17.6 Å². The molecule has 7 nitrogen and oxygen atoms in total. The Morgan fingerprint density at radius 2 is 2.10 bits per heavy atom. The van der Waals surface area contributed by atoms with Crippen LogP contribution in [0.3, 0.4) is 0 Å². The first-order valence-corrected chi connectivity index (χ1v) is 8.92. The molecule has 1 fully saturated rings. The molecule has 0 saturated carbocycles. The Bertz CT molecular complexity index is 716. The van der Waals surface area contributed by atoms with E-state index < -0.39 is 10.0 Å². The summed E-state index contributed by atoms with van der Waals surface area (Å²) in [6.45, 7) is 3.55. The molecule has 21 heavy (non-hydrogen) atoms. The summed E-state index contributed by atoms with van der Waals surface area (Å²) in [6.07, 6.45) is 0.649. The number of ether oxygens (including phenoxy) is 1. The number of sulfonamides is 1. The van der Waals surface area contributed by atoms with Crippen LogP contribution in [0.5, 0.6) is 0 Å². The lowest BCUT2D eigenvalue weighted by molar-refractivity contribution is 0.0731. The van der Waals surface area contributed by atoms with Crippen molar-refractivity contribution in [1.82, 2.24) is 14.5 Å². The Morgan fingerprint density at radius 3 is 2.76 bits per heavy atom. The van der Waals surface area contributed by atoms with Gasteiger partial charge in [0.2, 0.25) is 11.8 Å². The highest BCUT2D eigenvalue weighted by Crippen LogP contribution is 2.30. The molecular weight excluding hydrogens is 314 g/mol. The van der Waals surface area contributed by atoms with Crippen LogP contribution in [0.25, 0.3) is 11.5 Å². The third-order valence-electron chi connectivity index (χ3n) is 3.16. The molecule has 0 aromatic carbocycles. The summed E-state index contributed by atoms with van der Waals surface area (Å²) in [5.74, 6) is 0.889. The van der Waals surface area contributed by atoms with Crippen LogP contribution in [-0.4, -0.2) is 49.2 Å². The first kappa shape index (κ1) is 14.6. The van der Waals surface area contributed by atoms with Gasteiger partial charge in [0.1, 0.15) is 4.21 Å². The van der Waals surface area contributed by atoms with E-state index in [0.29, 0.717) is 50.1 Å². The fraction of sp³-hybridized carbons (Fsp3) is 0.500. The van der Waals surface area contributed by atoms with Gasteiger partial charge in [-0.25, -0.2) is 8.42 Å². The van der Waals surface area contributed by atoms with Crippen LogP contribution in [0, 0.1) is 0 Å². The van der Waals surface area contributed by atoms with Gasteiger partial charge in [0.15, 0.2) is 0 Å². The predicted molar refractivity (Wildman–Crippen MR) is 76.6 cm³/mol. The van der Waals surface area contributed by atoms with E-state index in [1.54, 1.807) is 11.4 Å². The normalized spacial score (nSPS) is 17.2. The number of thiophene rings is 1. The SMILES string of the molecule is CCc1nnc(-c2csc(S(=O)(=O)N3CCOCC3)c2)o1. The Hall–Kier alpha value is -1.29. The Labute approximate surface area is 126 Å². The highest BCUT2D eigenvalue weighted by Gasteiger charge is 2.28. The monoisotopic (exact) mass is 329 g/mol. The number of rotatable bonds is 4. The topological polar surface area (TPSA) is 85.5 Å². The summed E-state index contributed by atoms with van der Waals surface area (Å²) < 4.78 is 37.4. The molecule has 0 N–H and O–H groups in total. The minimum Gasteiger partial charge on any atom is -0.421 e. The molecule has 0 radical (unpaired) electrons. The van der Waals surface area contributed by atoms with Gasteiger partial charge in [-0.05, 0) is 6.07 Å². The van der Waals surface area contributed by atoms with Gasteiger partial charge in [0.05, 0.1) is 18.8 Å². The van der Waals surface area contributed by atoms with Crippen molar-refractivity contribution in [2.75, 3.05) is 26.3 Å². The van der Waals surface area contributed by atoms with E-state index in [1.807, 2.05) is 6.92 Å². The standard InChI is InChI=1S/C12H15N3O4S2/c1-2-10-13-14-12(19-10)9-7-11(20-8-9)21(16,17)15-3-5-18-6-4-15/h7-8H,2-6H2,1H3. The average molecular weight is 329 g/mol. The molecule has 0 amide bonds. The molecule has 114 valence electrons. The predicted octanol–water partition coefficient (Wildman–Crippen LogP) is 1.38.